The molecule has 7 nitrogen and oxygen atoms in total. The van der Waals surface area contributed by atoms with Gasteiger partial charge in [0.25, 0.3) is 0 Å². The van der Waals surface area contributed by atoms with Crippen molar-refractivity contribution in [1.82, 2.24) is 9.99 Å². The molecule has 0 radical (unpaired) electrons. The number of hydrogen-bond donors (Lipinski definition) is 1. The fourth-order valence-electron chi connectivity index (χ4n) is 2.59. The number of ether oxygens (including phenoxy) is 1. The number of H-pyrrole nitrogens is 1. The molecule has 1 aliphatic rings. The Labute approximate surface area is 138 Å². The third-order valence-corrected chi connectivity index (χ3v) is 3.95. The van der Waals surface area contributed by atoms with Gasteiger partial charge in [0, 0.05) is 42.6 Å². The molecule has 1 aliphatic heterocycles. The van der Waals surface area contributed by atoms with E-state index in [1.807, 2.05) is 24.3 Å². The Morgan fingerprint density at radius 3 is 2.79 bits per heavy atom. The number of carbonyl (C=O) groups excluding carboxylic acids is 3. The molecule has 2 heterocycles. The summed E-state index contributed by atoms with van der Waals surface area (Å²) < 4.78 is 5.24. The molecule has 1 amide bonds. The SMILES string of the molecule is CC(OC(=O)C1=NN(C)C(=O)CC1)C(=O)c1c[nH]c2ccccc12. The minimum absolute atomic E-state index is 0.149. The number of hydrogen-bond acceptors (Lipinski definition) is 5. The summed E-state index contributed by atoms with van der Waals surface area (Å²) in [5.74, 6) is -1.12. The van der Waals surface area contributed by atoms with Gasteiger partial charge >= 0.3 is 5.97 Å². The van der Waals surface area contributed by atoms with Gasteiger partial charge in [-0.3, -0.25) is 9.59 Å². The molecule has 3 rings (SSSR count). The van der Waals surface area contributed by atoms with Crippen LogP contribution in [0, 0.1) is 0 Å². The molecule has 0 spiro atoms. The number of carbonyl (C=O) groups is 3. The normalized spacial score (nSPS) is 16.0. The molecular weight excluding hydrogens is 310 g/mol. The van der Waals surface area contributed by atoms with Crippen molar-refractivity contribution < 1.29 is 19.1 Å². The minimum Gasteiger partial charge on any atom is -0.450 e. The fraction of sp³-hybridized carbons (Fsp3) is 0.294. The van der Waals surface area contributed by atoms with Crippen LogP contribution in [0.2, 0.25) is 0 Å². The molecule has 124 valence electrons. The van der Waals surface area contributed by atoms with E-state index in [4.69, 9.17) is 4.74 Å². The van der Waals surface area contributed by atoms with Crippen LogP contribution in [0.5, 0.6) is 0 Å². The molecule has 0 aliphatic carbocycles. The van der Waals surface area contributed by atoms with Crippen LogP contribution >= 0.6 is 0 Å². The van der Waals surface area contributed by atoms with Gasteiger partial charge in [-0.1, -0.05) is 18.2 Å². The second-order valence-corrected chi connectivity index (χ2v) is 5.62. The Hall–Kier alpha value is -2.96. The standard InChI is InChI=1S/C17H17N3O4/c1-10(24-17(23)14-7-8-15(21)20(2)19-14)16(22)12-9-18-13-6-4-3-5-11(12)13/h3-6,9-10,18H,7-8H2,1-2H3. The van der Waals surface area contributed by atoms with Crippen molar-refractivity contribution in [3.8, 4) is 0 Å². The van der Waals surface area contributed by atoms with Crippen molar-refractivity contribution in [3.63, 3.8) is 0 Å². The number of nitrogens with zero attached hydrogens (tertiary/aromatic N) is 2. The van der Waals surface area contributed by atoms with E-state index >= 15 is 0 Å². The number of esters is 1. The lowest BCUT2D eigenvalue weighted by Gasteiger charge is -2.19. The van der Waals surface area contributed by atoms with Crippen LogP contribution in [0.4, 0.5) is 0 Å². The first-order chi connectivity index (χ1) is 11.5. The van der Waals surface area contributed by atoms with Crippen LogP contribution in [0.1, 0.15) is 30.1 Å². The van der Waals surface area contributed by atoms with E-state index in [-0.39, 0.29) is 30.2 Å². The van der Waals surface area contributed by atoms with E-state index < -0.39 is 12.1 Å². The Balaban J connectivity index is 1.74. The number of rotatable bonds is 4. The van der Waals surface area contributed by atoms with Crippen molar-refractivity contribution >= 4 is 34.3 Å². The van der Waals surface area contributed by atoms with E-state index in [9.17, 15) is 14.4 Å². The van der Waals surface area contributed by atoms with Crippen LogP contribution in [0.3, 0.4) is 0 Å². The zero-order chi connectivity index (χ0) is 17.3. The molecular formula is C17H17N3O4. The summed E-state index contributed by atoms with van der Waals surface area (Å²) in [5.41, 5.74) is 1.47. The Kier molecular flexibility index (Phi) is 4.16. The molecule has 0 fully saturated rings. The van der Waals surface area contributed by atoms with Crippen molar-refractivity contribution in [2.24, 2.45) is 5.10 Å². The van der Waals surface area contributed by atoms with E-state index in [0.717, 1.165) is 15.9 Å². The molecule has 2 aromatic rings. The number of hydrazone groups is 1. The molecule has 7 heteroatoms. The summed E-state index contributed by atoms with van der Waals surface area (Å²) in [6.45, 7) is 1.53. The summed E-state index contributed by atoms with van der Waals surface area (Å²) >= 11 is 0. The van der Waals surface area contributed by atoms with Crippen molar-refractivity contribution in [2.75, 3.05) is 7.05 Å². The van der Waals surface area contributed by atoms with Crippen molar-refractivity contribution in [1.29, 1.82) is 0 Å². The molecule has 1 N–H and O–H groups in total. The molecule has 0 bridgehead atoms. The average molecular weight is 327 g/mol. The summed E-state index contributed by atoms with van der Waals surface area (Å²) in [4.78, 5) is 39.1. The van der Waals surface area contributed by atoms with Gasteiger partial charge in [0.15, 0.2) is 6.10 Å². The van der Waals surface area contributed by atoms with E-state index in [0.29, 0.717) is 5.56 Å². The van der Waals surface area contributed by atoms with Gasteiger partial charge in [-0.05, 0) is 13.0 Å². The van der Waals surface area contributed by atoms with Gasteiger partial charge in [0.1, 0.15) is 5.71 Å². The highest BCUT2D eigenvalue weighted by Crippen LogP contribution is 2.20. The number of benzene rings is 1. The highest BCUT2D eigenvalue weighted by molar-refractivity contribution is 6.37. The van der Waals surface area contributed by atoms with Gasteiger partial charge in [0.2, 0.25) is 11.7 Å². The van der Waals surface area contributed by atoms with E-state index in [1.54, 1.807) is 6.20 Å². The number of Topliss-reactive ketones (excluding diaryl/α,β-unsaturated/α-hetero) is 1. The quantitative estimate of drug-likeness (QED) is 0.685. The molecule has 1 aromatic heterocycles. The van der Waals surface area contributed by atoms with Gasteiger partial charge < -0.3 is 9.72 Å². The van der Waals surface area contributed by atoms with Crippen LogP contribution in [0.25, 0.3) is 10.9 Å². The third-order valence-electron chi connectivity index (χ3n) is 3.95. The minimum atomic E-state index is -0.942. The zero-order valence-electron chi connectivity index (χ0n) is 13.4. The lowest BCUT2D eigenvalue weighted by molar-refractivity contribution is -0.138. The largest absolute Gasteiger partial charge is 0.450 e. The second-order valence-electron chi connectivity index (χ2n) is 5.62. The van der Waals surface area contributed by atoms with Crippen molar-refractivity contribution in [3.05, 3.63) is 36.0 Å². The van der Waals surface area contributed by atoms with E-state index in [2.05, 4.69) is 10.1 Å². The third kappa shape index (κ3) is 2.92. The number of aromatic amines is 1. The number of para-hydroxylation sites is 1. The Morgan fingerprint density at radius 1 is 1.29 bits per heavy atom. The topological polar surface area (TPSA) is 91.8 Å². The van der Waals surface area contributed by atoms with Gasteiger partial charge in [-0.25, -0.2) is 9.80 Å². The van der Waals surface area contributed by atoms with E-state index in [1.165, 1.54) is 14.0 Å². The lowest BCUT2D eigenvalue weighted by Crippen LogP contribution is -2.34. The van der Waals surface area contributed by atoms with Crippen LogP contribution in [-0.4, -0.2) is 46.5 Å². The highest BCUT2D eigenvalue weighted by Gasteiger charge is 2.27. The maximum Gasteiger partial charge on any atom is 0.355 e. The highest BCUT2D eigenvalue weighted by atomic mass is 16.5. The second kappa shape index (κ2) is 6.27. The molecule has 24 heavy (non-hydrogen) atoms. The zero-order valence-corrected chi connectivity index (χ0v) is 13.4. The van der Waals surface area contributed by atoms with Gasteiger partial charge in [-0.2, -0.15) is 5.10 Å². The summed E-state index contributed by atoms with van der Waals surface area (Å²) in [7, 11) is 1.48. The average Bonchev–Trinajstić information content (AvgIpc) is 3.00. The number of aromatic nitrogens is 1. The number of nitrogens with one attached hydrogen (secondary N) is 1. The first kappa shape index (κ1) is 15.9. The number of ketones is 1. The summed E-state index contributed by atoms with van der Waals surface area (Å²) in [5, 5.41) is 5.80. The van der Waals surface area contributed by atoms with Crippen LogP contribution in [-0.2, 0) is 14.3 Å². The fourth-order valence-corrected chi connectivity index (χ4v) is 2.59. The van der Waals surface area contributed by atoms with Crippen molar-refractivity contribution in [2.45, 2.75) is 25.9 Å². The van der Waals surface area contributed by atoms with Gasteiger partial charge in [-0.15, -0.1) is 0 Å². The number of amides is 1. The number of fused-ring (bicyclic) bond motifs is 1. The summed E-state index contributed by atoms with van der Waals surface area (Å²) in [6, 6.07) is 7.41. The predicted octanol–water partition coefficient (Wildman–Crippen LogP) is 1.89. The summed E-state index contributed by atoms with van der Waals surface area (Å²) in [6.07, 6.45) is 1.09. The Bertz CT molecular complexity index is 852. The maximum absolute atomic E-state index is 12.6. The van der Waals surface area contributed by atoms with Crippen LogP contribution < -0.4 is 0 Å². The first-order valence-corrected chi connectivity index (χ1v) is 7.62. The smallest absolute Gasteiger partial charge is 0.355 e. The molecule has 1 unspecified atom stereocenters. The molecule has 1 aromatic carbocycles. The monoisotopic (exact) mass is 327 g/mol. The first-order valence-electron chi connectivity index (χ1n) is 7.62. The van der Waals surface area contributed by atoms with Gasteiger partial charge in [0.05, 0.1) is 0 Å². The molecule has 1 atom stereocenters. The van der Waals surface area contributed by atoms with Crippen LogP contribution in [0.15, 0.2) is 35.6 Å². The molecule has 0 saturated heterocycles. The maximum atomic E-state index is 12.6. The predicted molar refractivity (Wildman–Crippen MR) is 87.6 cm³/mol. The Morgan fingerprint density at radius 2 is 2.04 bits per heavy atom. The lowest BCUT2D eigenvalue weighted by atomic mass is 10.1. The molecule has 0 saturated carbocycles.